The molecular formula is C41H57N7O7. The number of furan rings is 1. The predicted molar refractivity (Wildman–Crippen MR) is 208 cm³/mol. The Hall–Kier alpha value is -5.05. The lowest BCUT2D eigenvalue weighted by Crippen LogP contribution is -2.49. The van der Waals surface area contributed by atoms with Gasteiger partial charge in [-0.05, 0) is 72.5 Å². The molecule has 3 aromatic rings. The largest absolute Gasteiger partial charge is 0.469 e. The molecule has 0 spiro atoms. The summed E-state index contributed by atoms with van der Waals surface area (Å²) in [7, 11) is 0. The van der Waals surface area contributed by atoms with Crippen LogP contribution in [0.3, 0.4) is 0 Å². The summed E-state index contributed by atoms with van der Waals surface area (Å²) >= 11 is 0. The maximum atomic E-state index is 13.6. The maximum absolute atomic E-state index is 13.6. The van der Waals surface area contributed by atoms with Crippen molar-refractivity contribution >= 4 is 29.5 Å². The van der Waals surface area contributed by atoms with Crippen molar-refractivity contribution in [2.24, 2.45) is 11.7 Å². The lowest BCUT2D eigenvalue weighted by molar-refractivity contribution is -0.128. The zero-order valence-corrected chi connectivity index (χ0v) is 32.0. The highest BCUT2D eigenvalue weighted by Crippen LogP contribution is 2.24. The van der Waals surface area contributed by atoms with Crippen LogP contribution < -0.4 is 37.6 Å². The van der Waals surface area contributed by atoms with Crippen LogP contribution in [0.5, 0.6) is 0 Å². The van der Waals surface area contributed by atoms with Crippen LogP contribution in [-0.4, -0.2) is 80.5 Å². The zero-order chi connectivity index (χ0) is 39.4. The van der Waals surface area contributed by atoms with Crippen LogP contribution >= 0.6 is 0 Å². The summed E-state index contributed by atoms with van der Waals surface area (Å²) in [6.07, 6.45) is 5.93. The number of benzene rings is 2. The number of nitrogens with one attached hydrogen (secondary N) is 6. The monoisotopic (exact) mass is 759 g/mol. The van der Waals surface area contributed by atoms with Gasteiger partial charge in [0.05, 0.1) is 31.9 Å². The van der Waals surface area contributed by atoms with Crippen molar-refractivity contribution in [3.8, 4) is 0 Å². The Labute approximate surface area is 323 Å². The summed E-state index contributed by atoms with van der Waals surface area (Å²) in [6.45, 7) is 5.50. The summed E-state index contributed by atoms with van der Waals surface area (Å²) in [5.41, 5.74) is 8.68. The Kier molecular flexibility index (Phi) is 17.9. The number of hydrogen-bond donors (Lipinski definition) is 7. The van der Waals surface area contributed by atoms with Crippen molar-refractivity contribution in [3.05, 3.63) is 94.9 Å². The highest BCUT2D eigenvalue weighted by molar-refractivity contribution is 5.89. The van der Waals surface area contributed by atoms with Gasteiger partial charge in [0, 0.05) is 58.9 Å². The van der Waals surface area contributed by atoms with Gasteiger partial charge >= 0.3 is 0 Å². The van der Waals surface area contributed by atoms with Crippen LogP contribution in [0.25, 0.3) is 0 Å². The number of amides is 5. The fraction of sp³-hybridized carbons (Fsp3) is 0.488. The van der Waals surface area contributed by atoms with Gasteiger partial charge < -0.3 is 46.8 Å². The average molecular weight is 760 g/mol. The first kappa shape index (κ1) is 42.7. The number of ether oxygens (including phenoxy) is 1. The molecule has 5 amide bonds. The van der Waals surface area contributed by atoms with E-state index < -0.39 is 12.1 Å². The fourth-order valence-electron chi connectivity index (χ4n) is 6.71. The second-order valence-corrected chi connectivity index (χ2v) is 14.1. The highest BCUT2D eigenvalue weighted by Gasteiger charge is 2.26. The molecule has 1 fully saturated rings. The predicted octanol–water partition coefficient (Wildman–Crippen LogP) is 1.79. The molecule has 14 heteroatoms. The van der Waals surface area contributed by atoms with Crippen LogP contribution in [-0.2, 0) is 61.1 Å². The van der Waals surface area contributed by atoms with E-state index in [1.807, 2.05) is 54.6 Å². The lowest BCUT2D eigenvalue weighted by atomic mass is 9.85. The molecule has 0 unspecified atom stereocenters. The van der Waals surface area contributed by atoms with Gasteiger partial charge in [0.15, 0.2) is 0 Å². The van der Waals surface area contributed by atoms with Crippen LogP contribution in [0, 0.1) is 5.92 Å². The minimum Gasteiger partial charge on any atom is -0.469 e. The Bertz CT molecular complexity index is 1670. The summed E-state index contributed by atoms with van der Waals surface area (Å²) in [5, 5.41) is 18.1. The molecule has 8 N–H and O–H groups in total. The van der Waals surface area contributed by atoms with Gasteiger partial charge in [-0.25, -0.2) is 0 Å². The van der Waals surface area contributed by atoms with E-state index in [-0.39, 0.29) is 68.1 Å². The van der Waals surface area contributed by atoms with Crippen molar-refractivity contribution in [2.75, 3.05) is 32.8 Å². The van der Waals surface area contributed by atoms with Gasteiger partial charge in [0.25, 0.3) is 0 Å². The second-order valence-electron chi connectivity index (χ2n) is 14.1. The molecule has 0 radical (unpaired) electrons. The molecule has 1 aromatic heterocycles. The third-order valence-electron chi connectivity index (χ3n) is 9.56. The van der Waals surface area contributed by atoms with Crippen LogP contribution in [0.15, 0.2) is 71.3 Å². The van der Waals surface area contributed by atoms with Gasteiger partial charge in [-0.15, -0.1) is 0 Å². The SMILES string of the molecule is CC(=O)NCc1cccc(C[C@H](NC(=O)Cc2ccccc2CNC(=O)[C@H](Cc2ccco2)NCC2CCC(NC(C)=O)CC2)C(=O)NCCOCCN)c1. The van der Waals surface area contributed by atoms with Crippen LogP contribution in [0.4, 0.5) is 0 Å². The second kappa shape index (κ2) is 23.0. The molecular weight excluding hydrogens is 702 g/mol. The van der Waals surface area contributed by atoms with E-state index in [0.29, 0.717) is 44.3 Å². The topological polar surface area (TPSA) is 206 Å². The molecule has 1 heterocycles. The molecule has 2 atom stereocenters. The van der Waals surface area contributed by atoms with E-state index in [4.69, 9.17) is 14.9 Å². The molecule has 0 aliphatic heterocycles. The third-order valence-corrected chi connectivity index (χ3v) is 9.56. The Balaban J connectivity index is 1.37. The molecule has 1 aliphatic carbocycles. The molecule has 1 saturated carbocycles. The van der Waals surface area contributed by atoms with Crippen molar-refractivity contribution in [1.29, 1.82) is 0 Å². The number of hydrogen-bond acceptors (Lipinski definition) is 9. The van der Waals surface area contributed by atoms with E-state index in [9.17, 15) is 24.0 Å². The molecule has 0 bridgehead atoms. The molecule has 2 aromatic carbocycles. The minimum atomic E-state index is -0.876. The first-order chi connectivity index (χ1) is 26.6. The quantitative estimate of drug-likeness (QED) is 0.0745. The van der Waals surface area contributed by atoms with E-state index in [1.165, 1.54) is 6.92 Å². The maximum Gasteiger partial charge on any atom is 0.243 e. The normalized spacial score (nSPS) is 16.3. The van der Waals surface area contributed by atoms with E-state index in [1.54, 1.807) is 19.3 Å². The van der Waals surface area contributed by atoms with E-state index in [0.717, 1.165) is 47.9 Å². The molecule has 298 valence electrons. The van der Waals surface area contributed by atoms with Gasteiger partial charge in [-0.3, -0.25) is 24.0 Å². The average Bonchev–Trinajstić information content (AvgIpc) is 3.68. The van der Waals surface area contributed by atoms with Gasteiger partial charge in [-0.1, -0.05) is 48.5 Å². The molecule has 1 aliphatic rings. The fourth-order valence-corrected chi connectivity index (χ4v) is 6.71. The smallest absolute Gasteiger partial charge is 0.243 e. The first-order valence-corrected chi connectivity index (χ1v) is 19.1. The van der Waals surface area contributed by atoms with E-state index in [2.05, 4.69) is 31.9 Å². The van der Waals surface area contributed by atoms with Crippen molar-refractivity contribution in [1.82, 2.24) is 31.9 Å². The van der Waals surface area contributed by atoms with Gasteiger partial charge in [0.1, 0.15) is 11.8 Å². The minimum absolute atomic E-state index is 0.00671. The lowest BCUT2D eigenvalue weighted by Gasteiger charge is -2.30. The molecule has 55 heavy (non-hydrogen) atoms. The van der Waals surface area contributed by atoms with Crippen molar-refractivity contribution in [2.45, 2.75) is 90.0 Å². The third kappa shape index (κ3) is 15.7. The molecule has 14 nitrogen and oxygen atoms in total. The first-order valence-electron chi connectivity index (χ1n) is 19.1. The summed E-state index contributed by atoms with van der Waals surface area (Å²) in [5.74, 6) is 0.0401. The number of nitrogens with two attached hydrogens (primary N) is 1. The standard InChI is InChI=1S/C41H57N7O7/c1-28(49)44-26-32-8-5-7-31(21-32)22-38(41(53)43-17-20-54-19-16-42)48-39(51)23-33-9-3-4-10-34(33)27-46-40(52)37(24-36-11-6-18-55-36)45-25-30-12-14-35(15-13-30)47-29(2)50/h3-11,18,21,30,35,37-38,45H,12-17,19-20,22-27,42H2,1-2H3,(H,43,53)(H,44,49)(H,46,52)(H,47,50)(H,48,51)/t30?,35?,37-,38-/m0/s1. The number of carbonyl (C=O) groups is 5. The Morgan fingerprint density at radius 2 is 1.53 bits per heavy atom. The van der Waals surface area contributed by atoms with Crippen molar-refractivity contribution in [3.63, 3.8) is 0 Å². The van der Waals surface area contributed by atoms with Gasteiger partial charge in [-0.2, -0.15) is 0 Å². The van der Waals surface area contributed by atoms with Crippen LogP contribution in [0.2, 0.25) is 0 Å². The summed E-state index contributed by atoms with van der Waals surface area (Å²) < 4.78 is 11.0. The Morgan fingerprint density at radius 1 is 0.782 bits per heavy atom. The molecule has 0 saturated heterocycles. The van der Waals surface area contributed by atoms with Gasteiger partial charge in [0.2, 0.25) is 29.5 Å². The number of rotatable bonds is 22. The summed E-state index contributed by atoms with van der Waals surface area (Å²) in [4.78, 5) is 63.5. The Morgan fingerprint density at radius 3 is 2.24 bits per heavy atom. The van der Waals surface area contributed by atoms with Crippen LogP contribution in [0.1, 0.15) is 67.5 Å². The number of carbonyl (C=O) groups excluding carboxylic acids is 5. The highest BCUT2D eigenvalue weighted by atomic mass is 16.5. The zero-order valence-electron chi connectivity index (χ0n) is 32.0. The van der Waals surface area contributed by atoms with Crippen molar-refractivity contribution < 1.29 is 33.1 Å². The summed E-state index contributed by atoms with van der Waals surface area (Å²) in [6, 6.07) is 17.3. The molecule has 4 rings (SSSR count). The van der Waals surface area contributed by atoms with E-state index >= 15 is 0 Å².